The van der Waals surface area contributed by atoms with Gasteiger partial charge < -0.3 is 4.74 Å². The van der Waals surface area contributed by atoms with Gasteiger partial charge in [0.25, 0.3) is 0 Å². The molecule has 184 valence electrons. The van der Waals surface area contributed by atoms with Gasteiger partial charge >= 0.3 is 5.97 Å². The van der Waals surface area contributed by atoms with Gasteiger partial charge in [-0.05, 0) is 45.4 Å². The number of carbonyl (C=O) groups excluding carboxylic acids is 1. The molecule has 0 spiro atoms. The van der Waals surface area contributed by atoms with E-state index in [1.807, 2.05) is 6.92 Å². The number of allylic oxidation sites excluding steroid dienone is 2. The smallest absolute Gasteiger partial charge is 0.302 e. The molecule has 0 fully saturated rings. The van der Waals surface area contributed by atoms with Crippen LogP contribution in [0.1, 0.15) is 162 Å². The number of hydrogen-bond donors (Lipinski definition) is 0. The van der Waals surface area contributed by atoms with Crippen molar-refractivity contribution in [3.8, 4) is 0 Å². The van der Waals surface area contributed by atoms with E-state index in [2.05, 4.69) is 19.1 Å². The standard InChI is InChI=1S/C29H56O2/c1-4-5-6-7-8-9-10-11-12-13-14-15-16-17-18-19-20-21-22-23-24-25-26-27-28(2)31-29(3)30/h20-21,28H,4-19,22-27H2,1-3H3. The van der Waals surface area contributed by atoms with E-state index in [0.717, 1.165) is 12.8 Å². The van der Waals surface area contributed by atoms with Crippen LogP contribution < -0.4 is 0 Å². The molecule has 2 nitrogen and oxygen atoms in total. The zero-order valence-corrected chi connectivity index (χ0v) is 21.6. The number of unbranched alkanes of at least 4 members (excludes halogenated alkanes) is 19. The Kier molecular flexibility index (Phi) is 24.8. The molecule has 0 amide bonds. The highest BCUT2D eigenvalue weighted by Gasteiger charge is 2.04. The Bertz CT molecular complexity index is 388. The minimum absolute atomic E-state index is 0.0762. The van der Waals surface area contributed by atoms with Crippen molar-refractivity contribution in [2.75, 3.05) is 0 Å². The van der Waals surface area contributed by atoms with Crippen LogP contribution >= 0.6 is 0 Å². The second-order valence-corrected chi connectivity index (χ2v) is 9.62. The van der Waals surface area contributed by atoms with E-state index in [9.17, 15) is 4.79 Å². The van der Waals surface area contributed by atoms with Crippen molar-refractivity contribution in [2.45, 2.75) is 168 Å². The summed E-state index contributed by atoms with van der Waals surface area (Å²) in [6, 6.07) is 0. The monoisotopic (exact) mass is 436 g/mol. The van der Waals surface area contributed by atoms with Gasteiger partial charge in [-0.25, -0.2) is 0 Å². The lowest BCUT2D eigenvalue weighted by molar-refractivity contribution is -0.145. The van der Waals surface area contributed by atoms with Gasteiger partial charge in [0.1, 0.15) is 0 Å². The van der Waals surface area contributed by atoms with E-state index >= 15 is 0 Å². The molecule has 0 saturated heterocycles. The van der Waals surface area contributed by atoms with Crippen molar-refractivity contribution in [2.24, 2.45) is 0 Å². The molecule has 0 N–H and O–H groups in total. The molecule has 0 aromatic carbocycles. The molecular weight excluding hydrogens is 380 g/mol. The molecular formula is C29H56O2. The van der Waals surface area contributed by atoms with Crippen LogP contribution in [0.15, 0.2) is 12.2 Å². The fraction of sp³-hybridized carbons (Fsp3) is 0.897. The van der Waals surface area contributed by atoms with Crippen molar-refractivity contribution in [1.29, 1.82) is 0 Å². The van der Waals surface area contributed by atoms with Crippen LogP contribution in [-0.4, -0.2) is 12.1 Å². The average Bonchev–Trinajstić information content (AvgIpc) is 2.73. The van der Waals surface area contributed by atoms with Crippen molar-refractivity contribution in [3.05, 3.63) is 12.2 Å². The molecule has 0 bridgehead atoms. The Morgan fingerprint density at radius 1 is 0.613 bits per heavy atom. The normalized spacial score (nSPS) is 12.5. The molecule has 0 aromatic rings. The molecule has 31 heavy (non-hydrogen) atoms. The Morgan fingerprint density at radius 2 is 0.968 bits per heavy atom. The van der Waals surface area contributed by atoms with Gasteiger partial charge in [0, 0.05) is 6.92 Å². The third-order valence-corrected chi connectivity index (χ3v) is 6.24. The molecule has 0 heterocycles. The van der Waals surface area contributed by atoms with Gasteiger partial charge in [-0.15, -0.1) is 0 Å². The van der Waals surface area contributed by atoms with Crippen molar-refractivity contribution in [3.63, 3.8) is 0 Å². The molecule has 0 radical (unpaired) electrons. The fourth-order valence-electron chi connectivity index (χ4n) is 4.26. The Labute approximate surface area is 196 Å². The van der Waals surface area contributed by atoms with Gasteiger partial charge in [-0.2, -0.15) is 0 Å². The second kappa shape index (κ2) is 25.5. The maximum Gasteiger partial charge on any atom is 0.302 e. The van der Waals surface area contributed by atoms with Crippen LogP contribution in [0.4, 0.5) is 0 Å². The first-order valence-electron chi connectivity index (χ1n) is 14.0. The molecule has 0 saturated carbocycles. The maximum absolute atomic E-state index is 10.9. The lowest BCUT2D eigenvalue weighted by Gasteiger charge is -2.10. The topological polar surface area (TPSA) is 26.3 Å². The largest absolute Gasteiger partial charge is 0.463 e. The number of rotatable bonds is 24. The molecule has 2 heteroatoms. The second-order valence-electron chi connectivity index (χ2n) is 9.62. The van der Waals surface area contributed by atoms with Crippen LogP contribution in [0, 0.1) is 0 Å². The number of hydrogen-bond acceptors (Lipinski definition) is 2. The highest BCUT2D eigenvalue weighted by atomic mass is 16.5. The van der Waals surface area contributed by atoms with E-state index in [1.165, 1.54) is 135 Å². The minimum Gasteiger partial charge on any atom is -0.463 e. The van der Waals surface area contributed by atoms with Crippen LogP contribution in [-0.2, 0) is 9.53 Å². The molecule has 1 unspecified atom stereocenters. The lowest BCUT2D eigenvalue weighted by Crippen LogP contribution is -2.11. The number of carbonyl (C=O) groups is 1. The summed E-state index contributed by atoms with van der Waals surface area (Å²) in [5, 5.41) is 0. The molecule has 0 aliphatic carbocycles. The molecule has 0 aliphatic heterocycles. The minimum atomic E-state index is -0.160. The van der Waals surface area contributed by atoms with Crippen molar-refractivity contribution >= 4 is 5.97 Å². The molecule has 0 aromatic heterocycles. The first kappa shape index (κ1) is 30.2. The Balaban J connectivity index is 3.14. The number of esters is 1. The van der Waals surface area contributed by atoms with Gasteiger partial charge in [0.2, 0.25) is 0 Å². The first-order chi connectivity index (χ1) is 15.2. The Hall–Kier alpha value is -0.790. The zero-order chi connectivity index (χ0) is 22.8. The highest BCUT2D eigenvalue weighted by molar-refractivity contribution is 5.66. The van der Waals surface area contributed by atoms with Crippen molar-refractivity contribution < 1.29 is 9.53 Å². The lowest BCUT2D eigenvalue weighted by atomic mass is 10.0. The predicted molar refractivity (Wildman–Crippen MR) is 138 cm³/mol. The van der Waals surface area contributed by atoms with Gasteiger partial charge in [-0.1, -0.05) is 122 Å². The summed E-state index contributed by atoms with van der Waals surface area (Å²) in [5.41, 5.74) is 0. The third-order valence-electron chi connectivity index (χ3n) is 6.24. The van der Waals surface area contributed by atoms with Crippen LogP contribution in [0.2, 0.25) is 0 Å². The number of ether oxygens (including phenoxy) is 1. The Morgan fingerprint density at radius 3 is 1.35 bits per heavy atom. The van der Waals surface area contributed by atoms with Gasteiger partial charge in [0.05, 0.1) is 6.10 Å². The summed E-state index contributed by atoms with van der Waals surface area (Å²) >= 11 is 0. The SMILES string of the molecule is CCCCCCCCCCCCCCCCCC=CCCCCCCC(C)OC(C)=O. The molecule has 0 rings (SSSR count). The molecule has 0 aliphatic rings. The first-order valence-corrected chi connectivity index (χ1v) is 14.0. The van der Waals surface area contributed by atoms with E-state index < -0.39 is 0 Å². The summed E-state index contributed by atoms with van der Waals surface area (Å²) in [6.07, 6.45) is 34.9. The van der Waals surface area contributed by atoms with E-state index in [1.54, 1.807) is 0 Å². The quantitative estimate of drug-likeness (QED) is 0.0854. The summed E-state index contributed by atoms with van der Waals surface area (Å²) in [5.74, 6) is -0.160. The van der Waals surface area contributed by atoms with Crippen LogP contribution in [0.5, 0.6) is 0 Å². The van der Waals surface area contributed by atoms with E-state index in [4.69, 9.17) is 4.74 Å². The van der Waals surface area contributed by atoms with E-state index in [0.29, 0.717) is 0 Å². The average molecular weight is 437 g/mol. The third kappa shape index (κ3) is 27.2. The van der Waals surface area contributed by atoms with Gasteiger partial charge in [0.15, 0.2) is 0 Å². The van der Waals surface area contributed by atoms with Crippen molar-refractivity contribution in [1.82, 2.24) is 0 Å². The van der Waals surface area contributed by atoms with E-state index in [-0.39, 0.29) is 12.1 Å². The zero-order valence-electron chi connectivity index (χ0n) is 21.6. The summed E-state index contributed by atoms with van der Waals surface area (Å²) in [7, 11) is 0. The molecule has 1 atom stereocenters. The summed E-state index contributed by atoms with van der Waals surface area (Å²) < 4.78 is 5.15. The highest BCUT2D eigenvalue weighted by Crippen LogP contribution is 2.14. The van der Waals surface area contributed by atoms with Crippen LogP contribution in [0.3, 0.4) is 0 Å². The fourth-order valence-corrected chi connectivity index (χ4v) is 4.26. The summed E-state index contributed by atoms with van der Waals surface area (Å²) in [6.45, 7) is 5.77. The summed E-state index contributed by atoms with van der Waals surface area (Å²) in [4.78, 5) is 10.9. The maximum atomic E-state index is 10.9. The van der Waals surface area contributed by atoms with Gasteiger partial charge in [-0.3, -0.25) is 4.79 Å². The van der Waals surface area contributed by atoms with Crippen LogP contribution in [0.25, 0.3) is 0 Å². The predicted octanol–water partition coefficient (Wildman–Crippen LogP) is 10.1.